The average molecular weight is 319 g/mol. The Bertz CT molecular complexity index is 821. The van der Waals surface area contributed by atoms with E-state index in [2.05, 4.69) is 83.9 Å². The van der Waals surface area contributed by atoms with E-state index < -0.39 is 0 Å². The molecule has 0 saturated carbocycles. The Labute approximate surface area is 143 Å². The molecule has 0 bridgehead atoms. The second-order valence-corrected chi connectivity index (χ2v) is 7.03. The lowest BCUT2D eigenvalue weighted by molar-refractivity contribution is 0.412. The number of hydrogen-bond acceptors (Lipinski definition) is 2. The highest BCUT2D eigenvalue weighted by molar-refractivity contribution is 5.87. The van der Waals surface area contributed by atoms with Gasteiger partial charge in [0.1, 0.15) is 0 Å². The van der Waals surface area contributed by atoms with E-state index in [1.807, 2.05) is 0 Å². The van der Waals surface area contributed by atoms with Crippen LogP contribution in [0, 0.1) is 0 Å². The Morgan fingerprint density at radius 2 is 2.00 bits per heavy atom. The quantitative estimate of drug-likeness (QED) is 0.726. The molecule has 1 aliphatic heterocycles. The van der Waals surface area contributed by atoms with Gasteiger partial charge in [-0.25, -0.2) is 0 Å². The van der Waals surface area contributed by atoms with Gasteiger partial charge in [-0.2, -0.15) is 0 Å². The lowest BCUT2D eigenvalue weighted by Crippen LogP contribution is -2.13. The van der Waals surface area contributed by atoms with Gasteiger partial charge in [0.25, 0.3) is 0 Å². The maximum atomic E-state index is 3.64. The molecule has 4 rings (SSSR count). The number of rotatable bonds is 4. The Morgan fingerprint density at radius 3 is 2.75 bits per heavy atom. The number of fused-ring (bicyclic) bond motifs is 1. The zero-order valence-electron chi connectivity index (χ0n) is 14.4. The molecule has 2 N–H and O–H groups in total. The summed E-state index contributed by atoms with van der Waals surface area (Å²) in [4.78, 5) is 5.87. The van der Waals surface area contributed by atoms with Crippen LogP contribution >= 0.6 is 0 Å². The number of H-pyrrole nitrogens is 1. The molecule has 1 fully saturated rings. The molecule has 0 aliphatic carbocycles. The molecule has 3 heteroatoms. The fraction of sp³-hybridized carbons (Fsp3) is 0.333. The van der Waals surface area contributed by atoms with Crippen molar-refractivity contribution in [2.45, 2.75) is 25.3 Å². The van der Waals surface area contributed by atoms with Gasteiger partial charge in [0.05, 0.1) is 0 Å². The molecule has 1 aromatic heterocycles. The second-order valence-electron chi connectivity index (χ2n) is 7.03. The molecule has 3 nitrogen and oxygen atoms in total. The monoisotopic (exact) mass is 319 g/mol. The predicted molar refractivity (Wildman–Crippen MR) is 102 cm³/mol. The molecule has 124 valence electrons. The Balaban J connectivity index is 1.60. The number of nitrogens with zero attached hydrogens (tertiary/aromatic N) is 1. The zero-order valence-corrected chi connectivity index (χ0v) is 14.4. The zero-order chi connectivity index (χ0) is 16.5. The van der Waals surface area contributed by atoms with E-state index >= 15 is 0 Å². The fourth-order valence-corrected chi connectivity index (χ4v) is 3.83. The third-order valence-corrected chi connectivity index (χ3v) is 5.23. The lowest BCUT2D eigenvalue weighted by atomic mass is 9.97. The Hall–Kier alpha value is -2.26. The second kappa shape index (κ2) is 6.33. The van der Waals surface area contributed by atoms with E-state index in [4.69, 9.17) is 0 Å². The molecular formula is C21H25N3. The van der Waals surface area contributed by atoms with Crippen LogP contribution in [-0.2, 0) is 0 Å². The molecule has 24 heavy (non-hydrogen) atoms. The molecule has 0 radical (unpaired) electrons. The molecule has 1 unspecified atom stereocenters. The van der Waals surface area contributed by atoms with Crippen molar-refractivity contribution in [2.24, 2.45) is 0 Å². The first-order valence-electron chi connectivity index (χ1n) is 8.82. The fourth-order valence-electron chi connectivity index (χ4n) is 3.83. The van der Waals surface area contributed by atoms with Crippen molar-refractivity contribution in [3.63, 3.8) is 0 Å². The summed E-state index contributed by atoms with van der Waals surface area (Å²) in [6.45, 7) is 4.56. The van der Waals surface area contributed by atoms with Crippen LogP contribution in [-0.4, -0.2) is 30.0 Å². The van der Waals surface area contributed by atoms with Crippen LogP contribution in [0.5, 0.6) is 0 Å². The SMILES string of the molecule is C[C@@H](Nc1ccc2[nH]cc(C3CCN(C)C3)c2c1)c1ccccc1. The minimum Gasteiger partial charge on any atom is -0.379 e. The number of likely N-dealkylation sites (N-methyl/N-ethyl adjacent to an activating group) is 1. The minimum atomic E-state index is 0.295. The maximum absolute atomic E-state index is 3.64. The van der Waals surface area contributed by atoms with E-state index in [1.165, 1.54) is 40.7 Å². The number of anilines is 1. The highest BCUT2D eigenvalue weighted by Crippen LogP contribution is 2.33. The normalized spacial score (nSPS) is 19.7. The molecule has 0 spiro atoms. The number of benzene rings is 2. The topological polar surface area (TPSA) is 31.1 Å². The van der Waals surface area contributed by atoms with Crippen molar-refractivity contribution in [3.05, 3.63) is 65.9 Å². The van der Waals surface area contributed by atoms with Gasteiger partial charge in [-0.3, -0.25) is 0 Å². The van der Waals surface area contributed by atoms with E-state index in [9.17, 15) is 0 Å². The van der Waals surface area contributed by atoms with Crippen molar-refractivity contribution >= 4 is 16.6 Å². The first-order valence-corrected chi connectivity index (χ1v) is 8.82. The third kappa shape index (κ3) is 2.92. The van der Waals surface area contributed by atoms with Crippen LogP contribution < -0.4 is 5.32 Å². The van der Waals surface area contributed by atoms with Gasteiger partial charge in [-0.05, 0) is 62.2 Å². The van der Waals surface area contributed by atoms with E-state index in [0.717, 1.165) is 6.54 Å². The highest BCUT2D eigenvalue weighted by Gasteiger charge is 2.23. The van der Waals surface area contributed by atoms with Gasteiger partial charge in [-0.1, -0.05) is 30.3 Å². The van der Waals surface area contributed by atoms with Crippen molar-refractivity contribution in [1.82, 2.24) is 9.88 Å². The van der Waals surface area contributed by atoms with Crippen LogP contribution in [0.15, 0.2) is 54.7 Å². The molecule has 3 aromatic rings. The molecule has 2 atom stereocenters. The van der Waals surface area contributed by atoms with Crippen LogP contribution in [0.25, 0.3) is 10.9 Å². The van der Waals surface area contributed by atoms with Crippen LogP contribution in [0.3, 0.4) is 0 Å². The summed E-state index contributed by atoms with van der Waals surface area (Å²) < 4.78 is 0. The maximum Gasteiger partial charge on any atom is 0.0485 e. The summed E-state index contributed by atoms with van der Waals surface area (Å²) in [6.07, 6.45) is 3.46. The molecule has 0 amide bonds. The summed E-state index contributed by atoms with van der Waals surface area (Å²) >= 11 is 0. The number of aromatic amines is 1. The van der Waals surface area contributed by atoms with Gasteiger partial charge in [0.2, 0.25) is 0 Å². The highest BCUT2D eigenvalue weighted by atomic mass is 15.1. The summed E-state index contributed by atoms with van der Waals surface area (Å²) in [6, 6.07) is 17.6. The summed E-state index contributed by atoms with van der Waals surface area (Å²) in [5.41, 5.74) is 5.19. The first kappa shape index (κ1) is 15.3. The molecule has 2 aromatic carbocycles. The summed E-state index contributed by atoms with van der Waals surface area (Å²) in [5.74, 6) is 0.644. The van der Waals surface area contributed by atoms with Gasteiger partial charge >= 0.3 is 0 Å². The molecular weight excluding hydrogens is 294 g/mol. The predicted octanol–water partition coefficient (Wildman–Crippen LogP) is 4.76. The van der Waals surface area contributed by atoms with Crippen molar-refractivity contribution in [3.8, 4) is 0 Å². The van der Waals surface area contributed by atoms with Gasteiger partial charge < -0.3 is 15.2 Å². The van der Waals surface area contributed by atoms with Gasteiger partial charge in [0, 0.05) is 35.4 Å². The number of nitrogens with one attached hydrogen (secondary N) is 2. The third-order valence-electron chi connectivity index (χ3n) is 5.23. The van der Waals surface area contributed by atoms with Gasteiger partial charge in [0.15, 0.2) is 0 Å². The van der Waals surface area contributed by atoms with E-state index in [-0.39, 0.29) is 0 Å². The van der Waals surface area contributed by atoms with Crippen LogP contribution in [0.1, 0.15) is 36.4 Å². The van der Waals surface area contributed by atoms with Crippen molar-refractivity contribution in [1.29, 1.82) is 0 Å². The number of hydrogen-bond donors (Lipinski definition) is 2. The minimum absolute atomic E-state index is 0.295. The first-order chi connectivity index (χ1) is 11.7. The van der Waals surface area contributed by atoms with Crippen molar-refractivity contribution in [2.75, 3.05) is 25.5 Å². The Morgan fingerprint density at radius 1 is 1.17 bits per heavy atom. The molecule has 2 heterocycles. The van der Waals surface area contributed by atoms with E-state index in [0.29, 0.717) is 12.0 Å². The lowest BCUT2D eigenvalue weighted by Gasteiger charge is -2.16. The summed E-state index contributed by atoms with van der Waals surface area (Å²) in [7, 11) is 2.21. The number of aromatic nitrogens is 1. The van der Waals surface area contributed by atoms with Crippen LogP contribution in [0.2, 0.25) is 0 Å². The molecule has 1 aliphatic rings. The standard InChI is InChI=1S/C21H25N3/c1-15(16-6-4-3-5-7-16)23-18-8-9-21-19(12-18)20(13-22-21)17-10-11-24(2)14-17/h3-9,12-13,15,17,22-23H,10-11,14H2,1-2H3/t15-,17?/m1/s1. The Kier molecular flexibility index (Phi) is 4.03. The smallest absolute Gasteiger partial charge is 0.0485 e. The van der Waals surface area contributed by atoms with Gasteiger partial charge in [-0.15, -0.1) is 0 Å². The van der Waals surface area contributed by atoms with Crippen LogP contribution in [0.4, 0.5) is 5.69 Å². The summed E-state index contributed by atoms with van der Waals surface area (Å²) in [5, 5.41) is 5.00. The average Bonchev–Trinajstić information content (AvgIpc) is 3.21. The van der Waals surface area contributed by atoms with E-state index in [1.54, 1.807) is 0 Å². The largest absolute Gasteiger partial charge is 0.379 e. The molecule has 1 saturated heterocycles. The number of likely N-dealkylation sites (tertiary alicyclic amines) is 1. The van der Waals surface area contributed by atoms with Crippen molar-refractivity contribution < 1.29 is 0 Å².